The van der Waals surface area contributed by atoms with Gasteiger partial charge in [-0.2, -0.15) is 5.26 Å². The molecule has 0 spiro atoms. The predicted octanol–water partition coefficient (Wildman–Crippen LogP) is 3.12. The summed E-state index contributed by atoms with van der Waals surface area (Å²) < 4.78 is 0. The Kier molecular flexibility index (Phi) is 4.06. The number of fused-ring (bicyclic) bond motifs is 3. The first-order valence-corrected chi connectivity index (χ1v) is 8.63. The van der Waals surface area contributed by atoms with E-state index in [-0.39, 0.29) is 5.91 Å². The first kappa shape index (κ1) is 15.6. The van der Waals surface area contributed by atoms with Crippen LogP contribution in [0.1, 0.15) is 37.2 Å². The van der Waals surface area contributed by atoms with Crippen LogP contribution in [-0.4, -0.2) is 38.8 Å². The number of nitrogens with one attached hydrogen (secondary N) is 1. The SMILES string of the molecule is N#CCCC(=O)N1CCC(c2cc[nH]c3cnc4nccc4c23)CC1. The van der Waals surface area contributed by atoms with Crippen LogP contribution in [0.2, 0.25) is 0 Å². The number of aromatic nitrogens is 3. The van der Waals surface area contributed by atoms with Crippen molar-refractivity contribution in [1.29, 1.82) is 5.26 Å². The van der Waals surface area contributed by atoms with Crippen LogP contribution < -0.4 is 0 Å². The molecular weight excluding hydrogens is 314 g/mol. The molecule has 0 saturated carbocycles. The van der Waals surface area contributed by atoms with Gasteiger partial charge in [0.15, 0.2) is 5.65 Å². The maximum atomic E-state index is 12.1. The third kappa shape index (κ3) is 2.82. The van der Waals surface area contributed by atoms with Crippen LogP contribution in [0.15, 0.2) is 30.7 Å². The zero-order valence-electron chi connectivity index (χ0n) is 13.9. The lowest BCUT2D eigenvalue weighted by Crippen LogP contribution is -2.37. The Morgan fingerprint density at radius 1 is 1.32 bits per heavy atom. The summed E-state index contributed by atoms with van der Waals surface area (Å²) in [7, 11) is 0. The van der Waals surface area contributed by atoms with Crippen molar-refractivity contribution in [2.45, 2.75) is 31.6 Å². The van der Waals surface area contributed by atoms with Crippen molar-refractivity contribution < 1.29 is 4.79 Å². The number of likely N-dealkylation sites (tertiary alicyclic amines) is 1. The van der Waals surface area contributed by atoms with Gasteiger partial charge in [-0.15, -0.1) is 0 Å². The molecule has 6 nitrogen and oxygen atoms in total. The lowest BCUT2D eigenvalue weighted by molar-refractivity contribution is -0.132. The van der Waals surface area contributed by atoms with E-state index in [0.717, 1.165) is 42.5 Å². The maximum absolute atomic E-state index is 12.1. The molecule has 126 valence electrons. The van der Waals surface area contributed by atoms with Crippen molar-refractivity contribution in [3.63, 3.8) is 0 Å². The van der Waals surface area contributed by atoms with E-state index in [1.807, 2.05) is 29.4 Å². The van der Waals surface area contributed by atoms with E-state index in [0.29, 0.717) is 18.8 Å². The summed E-state index contributed by atoms with van der Waals surface area (Å²) in [4.78, 5) is 26.0. The van der Waals surface area contributed by atoms with Gasteiger partial charge in [-0.25, -0.2) is 9.97 Å². The largest absolute Gasteiger partial charge is 0.360 e. The lowest BCUT2D eigenvalue weighted by Gasteiger charge is -2.32. The predicted molar refractivity (Wildman–Crippen MR) is 94.8 cm³/mol. The molecule has 3 aromatic heterocycles. The Balaban J connectivity index is 1.60. The zero-order chi connectivity index (χ0) is 17.2. The van der Waals surface area contributed by atoms with Crippen LogP contribution in [0.5, 0.6) is 0 Å². The first-order chi connectivity index (χ1) is 12.3. The van der Waals surface area contributed by atoms with Crippen molar-refractivity contribution in [2.75, 3.05) is 13.1 Å². The minimum absolute atomic E-state index is 0.0954. The quantitative estimate of drug-likeness (QED) is 0.798. The number of carbonyl (C=O) groups is 1. The molecule has 0 aliphatic carbocycles. The third-order valence-corrected chi connectivity index (χ3v) is 5.06. The standard InChI is InChI=1S/C19H19N5O/c20-7-1-2-17(25)24-10-5-13(6-11-24)14-3-8-21-16-12-23-19-15(18(14)16)4-9-22-19/h3-4,8-9,12-13,21H,1-2,5-6,10-11H2. The Morgan fingerprint density at radius 2 is 2.16 bits per heavy atom. The Morgan fingerprint density at radius 3 is 2.96 bits per heavy atom. The topological polar surface area (TPSA) is 85.7 Å². The van der Waals surface area contributed by atoms with Crippen molar-refractivity contribution in [3.8, 4) is 6.07 Å². The molecule has 1 aliphatic heterocycles. The molecule has 0 bridgehead atoms. The number of hydrogen-bond acceptors (Lipinski definition) is 4. The molecule has 1 aliphatic rings. The van der Waals surface area contributed by atoms with E-state index in [1.165, 1.54) is 10.9 Å². The second-order valence-electron chi connectivity index (χ2n) is 6.48. The normalized spacial score (nSPS) is 15.6. The van der Waals surface area contributed by atoms with Crippen molar-refractivity contribution >= 4 is 27.8 Å². The van der Waals surface area contributed by atoms with E-state index in [9.17, 15) is 4.79 Å². The number of amides is 1. The van der Waals surface area contributed by atoms with Gasteiger partial charge in [-0.05, 0) is 36.5 Å². The smallest absolute Gasteiger partial charge is 0.223 e. The number of rotatable bonds is 3. The van der Waals surface area contributed by atoms with Gasteiger partial charge in [0.05, 0.1) is 17.8 Å². The van der Waals surface area contributed by atoms with E-state index >= 15 is 0 Å². The van der Waals surface area contributed by atoms with E-state index < -0.39 is 0 Å². The fraction of sp³-hybridized carbons (Fsp3) is 0.368. The van der Waals surface area contributed by atoms with E-state index in [1.54, 1.807) is 6.20 Å². The summed E-state index contributed by atoms with van der Waals surface area (Å²) in [5.74, 6) is 0.510. The number of hydrogen-bond donors (Lipinski definition) is 1. The fourth-order valence-corrected chi connectivity index (χ4v) is 3.79. The average Bonchev–Trinajstić information content (AvgIpc) is 3.15. The van der Waals surface area contributed by atoms with Crippen molar-refractivity contribution in [3.05, 3.63) is 36.3 Å². The molecule has 4 heterocycles. The molecular formula is C19H19N5O. The van der Waals surface area contributed by atoms with E-state index in [4.69, 9.17) is 5.26 Å². The molecule has 1 amide bonds. The molecule has 25 heavy (non-hydrogen) atoms. The molecule has 1 fully saturated rings. The number of nitriles is 1. The van der Waals surface area contributed by atoms with Crippen molar-refractivity contribution in [1.82, 2.24) is 19.9 Å². The van der Waals surface area contributed by atoms with Gasteiger partial charge in [0, 0.05) is 49.1 Å². The monoisotopic (exact) mass is 333 g/mol. The van der Waals surface area contributed by atoms with Gasteiger partial charge in [-0.1, -0.05) is 0 Å². The number of aromatic amines is 1. The van der Waals surface area contributed by atoms with Gasteiger partial charge in [0.25, 0.3) is 0 Å². The molecule has 0 atom stereocenters. The Labute approximate surface area is 145 Å². The van der Waals surface area contributed by atoms with Crippen LogP contribution in [0.25, 0.3) is 21.9 Å². The molecule has 4 rings (SSSR count). The molecule has 1 saturated heterocycles. The molecule has 1 N–H and O–H groups in total. The minimum atomic E-state index is 0.0954. The summed E-state index contributed by atoms with van der Waals surface area (Å²) in [6.07, 6.45) is 8.11. The minimum Gasteiger partial charge on any atom is -0.360 e. The van der Waals surface area contributed by atoms with E-state index in [2.05, 4.69) is 21.0 Å². The van der Waals surface area contributed by atoms with Gasteiger partial charge in [0.1, 0.15) is 0 Å². The lowest BCUT2D eigenvalue weighted by atomic mass is 9.87. The maximum Gasteiger partial charge on any atom is 0.223 e. The summed E-state index contributed by atoms with van der Waals surface area (Å²) in [6.45, 7) is 1.50. The number of nitrogens with zero attached hydrogens (tertiary/aromatic N) is 4. The van der Waals surface area contributed by atoms with Gasteiger partial charge in [-0.3, -0.25) is 4.79 Å². The third-order valence-electron chi connectivity index (χ3n) is 5.06. The zero-order valence-corrected chi connectivity index (χ0v) is 13.9. The Hall–Kier alpha value is -2.94. The summed E-state index contributed by atoms with van der Waals surface area (Å²) in [5.41, 5.74) is 3.10. The van der Waals surface area contributed by atoms with Crippen LogP contribution >= 0.6 is 0 Å². The van der Waals surface area contributed by atoms with Crippen molar-refractivity contribution in [2.24, 2.45) is 0 Å². The summed E-state index contributed by atoms with van der Waals surface area (Å²) in [5, 5.41) is 10.9. The first-order valence-electron chi connectivity index (χ1n) is 8.63. The second-order valence-corrected chi connectivity index (χ2v) is 6.48. The Bertz CT molecular complexity index is 963. The van der Waals surface area contributed by atoms with Crippen LogP contribution in [0.4, 0.5) is 0 Å². The molecule has 0 radical (unpaired) electrons. The van der Waals surface area contributed by atoms with Gasteiger partial charge >= 0.3 is 0 Å². The molecule has 0 unspecified atom stereocenters. The highest BCUT2D eigenvalue weighted by atomic mass is 16.2. The average molecular weight is 333 g/mol. The van der Waals surface area contributed by atoms with Crippen LogP contribution in [0, 0.1) is 11.3 Å². The number of pyridine rings is 2. The highest BCUT2D eigenvalue weighted by molar-refractivity contribution is 6.05. The fourth-order valence-electron chi connectivity index (χ4n) is 3.79. The highest BCUT2D eigenvalue weighted by Gasteiger charge is 2.25. The summed E-state index contributed by atoms with van der Waals surface area (Å²) >= 11 is 0. The summed E-state index contributed by atoms with van der Waals surface area (Å²) in [6, 6.07) is 6.21. The van der Waals surface area contributed by atoms with Gasteiger partial charge in [0.2, 0.25) is 5.91 Å². The second kappa shape index (κ2) is 6.52. The number of piperidine rings is 1. The number of carbonyl (C=O) groups excluding carboxylic acids is 1. The molecule has 0 aromatic carbocycles. The van der Waals surface area contributed by atoms with Crippen LogP contribution in [-0.2, 0) is 4.79 Å². The number of H-pyrrole nitrogens is 1. The molecule has 6 heteroatoms. The van der Waals surface area contributed by atoms with Gasteiger partial charge < -0.3 is 9.88 Å². The van der Waals surface area contributed by atoms with Crippen LogP contribution in [0.3, 0.4) is 0 Å². The molecule has 3 aromatic rings. The highest BCUT2D eigenvalue weighted by Crippen LogP contribution is 2.35.